The van der Waals surface area contributed by atoms with E-state index in [0.717, 1.165) is 49.2 Å². The van der Waals surface area contributed by atoms with Crippen LogP contribution < -0.4 is 5.32 Å². The molecule has 0 radical (unpaired) electrons. The summed E-state index contributed by atoms with van der Waals surface area (Å²) in [6, 6.07) is 7.64. The summed E-state index contributed by atoms with van der Waals surface area (Å²) in [5.74, 6) is -1.61. The third-order valence-corrected chi connectivity index (χ3v) is 6.18. The first-order valence-electron chi connectivity index (χ1n) is 12.2. The van der Waals surface area contributed by atoms with E-state index in [-0.39, 0.29) is 12.0 Å². The van der Waals surface area contributed by atoms with E-state index in [2.05, 4.69) is 29.4 Å². The third-order valence-electron chi connectivity index (χ3n) is 6.18. The summed E-state index contributed by atoms with van der Waals surface area (Å²) in [4.78, 5) is 24.9. The number of carbonyl (C=O) groups is 2. The summed E-state index contributed by atoms with van der Waals surface area (Å²) in [5.41, 5.74) is 3.02. The van der Waals surface area contributed by atoms with Gasteiger partial charge in [-0.25, -0.2) is 9.78 Å². The van der Waals surface area contributed by atoms with Crippen molar-refractivity contribution >= 4 is 11.9 Å². The van der Waals surface area contributed by atoms with Crippen LogP contribution in [-0.4, -0.2) is 52.0 Å². The van der Waals surface area contributed by atoms with Gasteiger partial charge in [0.25, 0.3) is 0 Å². The smallest absolute Gasteiger partial charge is 0.480 e. The highest BCUT2D eigenvalue weighted by Gasteiger charge is 2.38. The van der Waals surface area contributed by atoms with Crippen molar-refractivity contribution in [2.75, 3.05) is 6.54 Å². The molecule has 3 N–H and O–H groups in total. The number of aliphatic carboxylic acids is 2. The minimum atomic E-state index is -5.08. The standard InChI is InChI=1S/C24H34N2O4.C2HF3O2/c1-15(2)22(24(27)28)25-13-18-6-5-7-20(12-18)29-14-21-17(4)30-23(26-21)19-10-8-16(3)9-11-19;3-2(4,5)1(6)7/h8-11,15,18,20,22,25H,5-7,12-14H2,1-4H3,(H,27,28);(H,6,7)/t18-,20+,22-;/m0./s1. The van der Waals surface area contributed by atoms with Crippen LogP contribution >= 0.6 is 0 Å². The molecule has 0 saturated heterocycles. The highest BCUT2D eigenvalue weighted by Crippen LogP contribution is 2.28. The first-order valence-corrected chi connectivity index (χ1v) is 12.2. The Kier molecular flexibility index (Phi) is 11.1. The average molecular weight is 529 g/mol. The van der Waals surface area contributed by atoms with Crippen molar-refractivity contribution in [3.8, 4) is 11.5 Å². The van der Waals surface area contributed by atoms with Crippen LogP contribution in [0.2, 0.25) is 0 Å². The summed E-state index contributed by atoms with van der Waals surface area (Å²) >= 11 is 0. The van der Waals surface area contributed by atoms with Gasteiger partial charge in [-0.05, 0) is 63.6 Å². The van der Waals surface area contributed by atoms with E-state index >= 15 is 0 Å². The molecule has 3 rings (SSSR count). The largest absolute Gasteiger partial charge is 0.490 e. The number of benzene rings is 1. The summed E-state index contributed by atoms with van der Waals surface area (Å²) in [7, 11) is 0. The molecule has 0 aliphatic heterocycles. The van der Waals surface area contributed by atoms with Gasteiger partial charge < -0.3 is 24.7 Å². The minimum absolute atomic E-state index is 0.0657. The monoisotopic (exact) mass is 528 g/mol. The van der Waals surface area contributed by atoms with Crippen molar-refractivity contribution in [1.29, 1.82) is 0 Å². The normalized spacial score (nSPS) is 18.7. The van der Waals surface area contributed by atoms with Gasteiger partial charge in [-0.3, -0.25) is 4.79 Å². The van der Waals surface area contributed by atoms with Crippen LogP contribution in [0.4, 0.5) is 13.2 Å². The number of alkyl halides is 3. The lowest BCUT2D eigenvalue weighted by Gasteiger charge is -2.30. The molecule has 37 heavy (non-hydrogen) atoms. The molecule has 8 nitrogen and oxygen atoms in total. The molecule has 2 aromatic rings. The Bertz CT molecular complexity index is 1020. The van der Waals surface area contributed by atoms with Crippen LogP contribution in [0.25, 0.3) is 11.5 Å². The topological polar surface area (TPSA) is 122 Å². The van der Waals surface area contributed by atoms with E-state index in [1.54, 1.807) is 0 Å². The fraction of sp³-hybridized carbons (Fsp3) is 0.577. The fourth-order valence-electron chi connectivity index (χ4n) is 4.06. The van der Waals surface area contributed by atoms with Gasteiger partial charge in [0.1, 0.15) is 17.5 Å². The molecule has 0 spiro atoms. The molecule has 0 unspecified atom stereocenters. The van der Waals surface area contributed by atoms with E-state index in [9.17, 15) is 23.1 Å². The third kappa shape index (κ3) is 9.81. The second-order valence-corrected chi connectivity index (χ2v) is 9.62. The van der Waals surface area contributed by atoms with E-state index in [0.29, 0.717) is 18.4 Å². The summed E-state index contributed by atoms with van der Waals surface area (Å²) < 4.78 is 43.8. The number of aryl methyl sites for hydroxylation is 2. The van der Waals surface area contributed by atoms with Gasteiger partial charge in [0, 0.05) is 5.56 Å². The van der Waals surface area contributed by atoms with Crippen molar-refractivity contribution in [3.63, 3.8) is 0 Å². The SMILES string of the molecule is Cc1ccc(-c2nc(CO[C@@H]3CCC[C@H](CN[C@H](C(=O)O)C(C)C)C3)c(C)o2)cc1.O=C(O)C(F)(F)F. The summed E-state index contributed by atoms with van der Waals surface area (Å²) in [6.07, 6.45) is -0.725. The van der Waals surface area contributed by atoms with Gasteiger partial charge in [-0.15, -0.1) is 0 Å². The van der Waals surface area contributed by atoms with Crippen molar-refractivity contribution < 1.29 is 42.1 Å². The van der Waals surface area contributed by atoms with E-state index in [1.165, 1.54) is 5.56 Å². The molecule has 1 aliphatic rings. The zero-order valence-corrected chi connectivity index (χ0v) is 21.5. The van der Waals surface area contributed by atoms with Gasteiger partial charge in [0.2, 0.25) is 5.89 Å². The number of ether oxygens (including phenoxy) is 1. The molecule has 0 bridgehead atoms. The Labute approximate surface area is 214 Å². The van der Waals surface area contributed by atoms with E-state index in [1.807, 2.05) is 32.9 Å². The molecule has 1 heterocycles. The molecule has 1 aliphatic carbocycles. The van der Waals surface area contributed by atoms with Crippen LogP contribution in [0.3, 0.4) is 0 Å². The number of halogens is 3. The molecule has 1 aromatic heterocycles. The molecule has 3 atom stereocenters. The zero-order valence-electron chi connectivity index (χ0n) is 21.5. The van der Waals surface area contributed by atoms with E-state index in [4.69, 9.17) is 19.1 Å². The predicted octanol–water partition coefficient (Wildman–Crippen LogP) is 5.37. The molecular formula is C26H35F3N2O6. The highest BCUT2D eigenvalue weighted by molar-refractivity contribution is 5.73. The fourth-order valence-corrected chi connectivity index (χ4v) is 4.06. The number of rotatable bonds is 9. The number of nitrogens with zero attached hydrogens (tertiary/aromatic N) is 1. The Balaban J connectivity index is 0.000000604. The van der Waals surface area contributed by atoms with Crippen LogP contribution in [0.1, 0.15) is 56.5 Å². The summed E-state index contributed by atoms with van der Waals surface area (Å²) in [6.45, 7) is 9.01. The van der Waals surface area contributed by atoms with E-state index < -0.39 is 24.2 Å². The molecule has 1 aromatic carbocycles. The van der Waals surface area contributed by atoms with Crippen LogP contribution in [-0.2, 0) is 20.9 Å². The summed E-state index contributed by atoms with van der Waals surface area (Å²) in [5, 5.41) is 19.7. The molecular weight excluding hydrogens is 493 g/mol. The number of nitrogens with one attached hydrogen (secondary N) is 1. The number of carboxylic acids is 2. The Hall–Kier alpha value is -2.92. The van der Waals surface area contributed by atoms with Gasteiger partial charge >= 0.3 is 18.1 Å². The van der Waals surface area contributed by atoms with Gasteiger partial charge in [-0.2, -0.15) is 13.2 Å². The minimum Gasteiger partial charge on any atom is -0.480 e. The van der Waals surface area contributed by atoms with Crippen LogP contribution in [0, 0.1) is 25.7 Å². The highest BCUT2D eigenvalue weighted by atomic mass is 19.4. The van der Waals surface area contributed by atoms with Crippen molar-refractivity contribution in [2.24, 2.45) is 11.8 Å². The van der Waals surface area contributed by atoms with Crippen molar-refractivity contribution in [1.82, 2.24) is 10.3 Å². The number of oxazole rings is 1. The second kappa shape index (κ2) is 13.6. The maximum Gasteiger partial charge on any atom is 0.490 e. The number of hydrogen-bond donors (Lipinski definition) is 3. The second-order valence-electron chi connectivity index (χ2n) is 9.62. The average Bonchev–Trinajstić information content (AvgIpc) is 3.18. The van der Waals surface area contributed by atoms with Gasteiger partial charge in [0.05, 0.1) is 12.7 Å². The maximum absolute atomic E-state index is 11.4. The number of carboxylic acid groups (broad SMARTS) is 2. The zero-order chi connectivity index (χ0) is 27.8. The first kappa shape index (κ1) is 30.3. The van der Waals surface area contributed by atoms with Crippen LogP contribution in [0.5, 0.6) is 0 Å². The predicted molar refractivity (Wildman–Crippen MR) is 130 cm³/mol. The number of hydrogen-bond acceptors (Lipinski definition) is 6. The number of aromatic nitrogens is 1. The molecule has 0 amide bonds. The quantitative estimate of drug-likeness (QED) is 0.397. The Morgan fingerprint density at radius 1 is 1.16 bits per heavy atom. The first-order chi connectivity index (χ1) is 17.3. The molecule has 1 saturated carbocycles. The van der Waals surface area contributed by atoms with Crippen LogP contribution in [0.15, 0.2) is 28.7 Å². The molecule has 1 fully saturated rings. The molecule has 11 heteroatoms. The van der Waals surface area contributed by atoms with Crippen molar-refractivity contribution in [3.05, 3.63) is 41.3 Å². The maximum atomic E-state index is 11.4. The van der Waals surface area contributed by atoms with Gasteiger partial charge in [0.15, 0.2) is 0 Å². The lowest BCUT2D eigenvalue weighted by atomic mass is 9.86. The van der Waals surface area contributed by atoms with Gasteiger partial charge in [-0.1, -0.05) is 38.0 Å². The Morgan fingerprint density at radius 2 is 1.78 bits per heavy atom. The van der Waals surface area contributed by atoms with Crippen molar-refractivity contribution in [2.45, 2.75) is 78.3 Å². The molecule has 206 valence electrons. The Morgan fingerprint density at radius 3 is 2.32 bits per heavy atom. The lowest BCUT2D eigenvalue weighted by Crippen LogP contribution is -2.44. The lowest BCUT2D eigenvalue weighted by molar-refractivity contribution is -0.192.